The Balaban J connectivity index is 2.10. The van der Waals surface area contributed by atoms with Crippen LogP contribution in [0.2, 0.25) is 0 Å². The van der Waals surface area contributed by atoms with Gasteiger partial charge in [0.1, 0.15) is 0 Å². The van der Waals surface area contributed by atoms with Gasteiger partial charge < -0.3 is 20.5 Å². The zero-order valence-corrected chi connectivity index (χ0v) is 11.3. The molecule has 2 amide bonds. The molecule has 2 rings (SSSR count). The molecule has 18 heavy (non-hydrogen) atoms. The zero-order chi connectivity index (χ0) is 13.3. The van der Waals surface area contributed by atoms with Gasteiger partial charge in [0.2, 0.25) is 0 Å². The number of aromatic amines is 1. The third-order valence-corrected chi connectivity index (χ3v) is 3.61. The minimum Gasteiger partial charge on any atom is -0.367 e. The largest absolute Gasteiger partial charge is 0.367 e. The number of aromatic nitrogens is 1. The minimum absolute atomic E-state index is 0.0382. The molecule has 1 atom stereocenters. The highest BCUT2D eigenvalue weighted by Gasteiger charge is 2.37. The van der Waals surface area contributed by atoms with Crippen LogP contribution in [-0.4, -0.2) is 47.5 Å². The van der Waals surface area contributed by atoms with E-state index in [0.717, 1.165) is 12.1 Å². The molecule has 1 aromatic rings. The van der Waals surface area contributed by atoms with E-state index in [-0.39, 0.29) is 17.5 Å². The highest BCUT2D eigenvalue weighted by molar-refractivity contribution is 5.77. The van der Waals surface area contributed by atoms with Crippen molar-refractivity contribution in [2.75, 3.05) is 26.7 Å². The number of rotatable bonds is 4. The summed E-state index contributed by atoms with van der Waals surface area (Å²) in [6, 6.07) is 2.24. The number of carbonyl (C=O) groups is 1. The topological polar surface area (TPSA) is 65.4 Å². The van der Waals surface area contributed by atoms with Crippen LogP contribution in [0.15, 0.2) is 18.5 Å². The third kappa shape index (κ3) is 2.36. The first-order chi connectivity index (χ1) is 8.44. The van der Waals surface area contributed by atoms with E-state index in [9.17, 15) is 4.79 Å². The first-order valence-electron chi connectivity index (χ1n) is 6.29. The van der Waals surface area contributed by atoms with E-state index >= 15 is 0 Å². The number of nitrogens with two attached hydrogens (primary N) is 1. The Labute approximate surface area is 108 Å². The van der Waals surface area contributed by atoms with Crippen molar-refractivity contribution >= 4 is 6.03 Å². The van der Waals surface area contributed by atoms with Crippen molar-refractivity contribution in [2.24, 2.45) is 11.1 Å². The van der Waals surface area contributed by atoms with E-state index in [2.05, 4.69) is 18.8 Å². The van der Waals surface area contributed by atoms with Gasteiger partial charge in [-0.05, 0) is 23.6 Å². The molecule has 1 aromatic heterocycles. The molecule has 2 heterocycles. The zero-order valence-electron chi connectivity index (χ0n) is 11.3. The normalized spacial score (nSPS) is 20.9. The maximum Gasteiger partial charge on any atom is 0.320 e. The summed E-state index contributed by atoms with van der Waals surface area (Å²) in [5, 5.41) is 0. The Morgan fingerprint density at radius 3 is 2.83 bits per heavy atom. The quantitative estimate of drug-likeness (QED) is 0.848. The summed E-state index contributed by atoms with van der Waals surface area (Å²) in [6.07, 6.45) is 3.84. The van der Waals surface area contributed by atoms with Gasteiger partial charge in [-0.2, -0.15) is 0 Å². The van der Waals surface area contributed by atoms with Gasteiger partial charge in [0.15, 0.2) is 0 Å². The van der Waals surface area contributed by atoms with Crippen molar-refractivity contribution in [3.05, 3.63) is 24.0 Å². The Kier molecular flexibility index (Phi) is 3.34. The number of hydrogen-bond acceptors (Lipinski definition) is 2. The number of amides is 2. The number of hydrogen-bond donors (Lipinski definition) is 2. The van der Waals surface area contributed by atoms with E-state index < -0.39 is 0 Å². The average Bonchev–Trinajstić information content (AvgIpc) is 2.93. The van der Waals surface area contributed by atoms with Gasteiger partial charge in [0.05, 0.1) is 6.04 Å². The van der Waals surface area contributed by atoms with Crippen LogP contribution in [0, 0.1) is 5.41 Å². The predicted molar refractivity (Wildman–Crippen MR) is 71.1 cm³/mol. The number of urea groups is 1. The maximum atomic E-state index is 12.2. The molecular weight excluding hydrogens is 228 g/mol. The van der Waals surface area contributed by atoms with E-state index in [4.69, 9.17) is 5.73 Å². The van der Waals surface area contributed by atoms with Crippen LogP contribution in [0.3, 0.4) is 0 Å². The van der Waals surface area contributed by atoms with Crippen LogP contribution in [0.25, 0.3) is 0 Å². The van der Waals surface area contributed by atoms with Gasteiger partial charge in [-0.25, -0.2) is 4.79 Å². The highest BCUT2D eigenvalue weighted by atomic mass is 16.2. The molecule has 3 N–H and O–H groups in total. The molecule has 1 unspecified atom stereocenters. The van der Waals surface area contributed by atoms with E-state index in [1.54, 1.807) is 4.90 Å². The Morgan fingerprint density at radius 2 is 2.28 bits per heavy atom. The maximum absolute atomic E-state index is 12.2. The van der Waals surface area contributed by atoms with Crippen molar-refractivity contribution < 1.29 is 4.79 Å². The van der Waals surface area contributed by atoms with E-state index in [1.165, 1.54) is 0 Å². The van der Waals surface area contributed by atoms with Crippen LogP contribution in [0.1, 0.15) is 25.5 Å². The van der Waals surface area contributed by atoms with Crippen LogP contribution in [0.4, 0.5) is 4.79 Å². The number of carbonyl (C=O) groups excluding carboxylic acids is 1. The van der Waals surface area contributed by atoms with E-state index in [1.807, 2.05) is 30.4 Å². The summed E-state index contributed by atoms with van der Waals surface area (Å²) in [5.41, 5.74) is 6.85. The van der Waals surface area contributed by atoms with Gasteiger partial charge in [-0.1, -0.05) is 13.8 Å². The molecular formula is C13H22N4O. The fraction of sp³-hybridized carbons (Fsp3) is 0.615. The summed E-state index contributed by atoms with van der Waals surface area (Å²) in [7, 11) is 1.86. The number of likely N-dealkylation sites (N-methyl/N-ethyl adjacent to an activating group) is 1. The van der Waals surface area contributed by atoms with Crippen LogP contribution in [0.5, 0.6) is 0 Å². The van der Waals surface area contributed by atoms with Gasteiger partial charge in [0, 0.05) is 32.5 Å². The SMILES string of the molecule is CN1C(=O)N(CC(C)(C)CN)CC1c1cc[nH]c1. The summed E-state index contributed by atoms with van der Waals surface area (Å²) in [5.74, 6) is 0. The summed E-state index contributed by atoms with van der Waals surface area (Å²) >= 11 is 0. The molecule has 0 aromatic carbocycles. The molecule has 1 fully saturated rings. The lowest BCUT2D eigenvalue weighted by Crippen LogP contribution is -2.40. The Morgan fingerprint density at radius 1 is 1.56 bits per heavy atom. The predicted octanol–water partition coefficient (Wildman–Crippen LogP) is 1.41. The van der Waals surface area contributed by atoms with Crippen LogP contribution < -0.4 is 5.73 Å². The standard InChI is InChI=1S/C13H22N4O/c1-13(2,8-14)9-17-7-11(16(3)12(17)18)10-4-5-15-6-10/h4-6,11,15H,7-9,14H2,1-3H3. The highest BCUT2D eigenvalue weighted by Crippen LogP contribution is 2.29. The second kappa shape index (κ2) is 4.65. The number of H-pyrrole nitrogens is 1. The van der Waals surface area contributed by atoms with Gasteiger partial charge in [-0.3, -0.25) is 0 Å². The second-order valence-electron chi connectivity index (χ2n) is 5.80. The molecule has 1 aliphatic heterocycles. The fourth-order valence-corrected chi connectivity index (χ4v) is 2.35. The van der Waals surface area contributed by atoms with E-state index in [0.29, 0.717) is 13.1 Å². The summed E-state index contributed by atoms with van der Waals surface area (Å²) < 4.78 is 0. The second-order valence-corrected chi connectivity index (χ2v) is 5.80. The fourth-order valence-electron chi connectivity index (χ4n) is 2.35. The molecule has 0 bridgehead atoms. The van der Waals surface area contributed by atoms with Crippen LogP contribution >= 0.6 is 0 Å². The van der Waals surface area contributed by atoms with Crippen molar-refractivity contribution in [3.8, 4) is 0 Å². The summed E-state index contributed by atoms with van der Waals surface area (Å²) in [6.45, 7) is 6.19. The van der Waals surface area contributed by atoms with Gasteiger partial charge >= 0.3 is 6.03 Å². The first kappa shape index (κ1) is 13.0. The van der Waals surface area contributed by atoms with Crippen molar-refractivity contribution in [2.45, 2.75) is 19.9 Å². The molecule has 0 radical (unpaired) electrons. The van der Waals surface area contributed by atoms with Gasteiger partial charge in [0.25, 0.3) is 0 Å². The lowest BCUT2D eigenvalue weighted by molar-refractivity contribution is 0.177. The smallest absolute Gasteiger partial charge is 0.320 e. The molecule has 0 spiro atoms. The molecule has 5 heteroatoms. The first-order valence-corrected chi connectivity index (χ1v) is 6.29. The van der Waals surface area contributed by atoms with Crippen LogP contribution in [-0.2, 0) is 0 Å². The monoisotopic (exact) mass is 250 g/mol. The molecule has 0 saturated carbocycles. The number of nitrogens with zero attached hydrogens (tertiary/aromatic N) is 2. The lowest BCUT2D eigenvalue weighted by Gasteiger charge is -2.28. The summed E-state index contributed by atoms with van der Waals surface area (Å²) in [4.78, 5) is 18.9. The Hall–Kier alpha value is -1.49. The minimum atomic E-state index is -0.0382. The molecule has 1 aliphatic rings. The molecule has 100 valence electrons. The molecule has 5 nitrogen and oxygen atoms in total. The molecule has 0 aliphatic carbocycles. The number of nitrogens with one attached hydrogen (secondary N) is 1. The molecule has 1 saturated heterocycles. The van der Waals surface area contributed by atoms with Crippen molar-refractivity contribution in [3.63, 3.8) is 0 Å². The third-order valence-electron chi connectivity index (χ3n) is 3.61. The van der Waals surface area contributed by atoms with Crippen molar-refractivity contribution in [1.82, 2.24) is 14.8 Å². The van der Waals surface area contributed by atoms with Gasteiger partial charge in [-0.15, -0.1) is 0 Å². The lowest BCUT2D eigenvalue weighted by atomic mass is 9.93. The Bertz CT molecular complexity index is 413. The van der Waals surface area contributed by atoms with Crippen molar-refractivity contribution in [1.29, 1.82) is 0 Å². The average molecular weight is 250 g/mol.